The fourth-order valence-corrected chi connectivity index (χ4v) is 4.12. The summed E-state index contributed by atoms with van der Waals surface area (Å²) in [6.45, 7) is 3.99. The molecule has 27 heavy (non-hydrogen) atoms. The molecule has 0 aliphatic heterocycles. The smallest absolute Gasteiger partial charge is 0.341 e. The van der Waals surface area contributed by atoms with E-state index in [1.807, 2.05) is 18.2 Å². The molecule has 1 aromatic heterocycles. The van der Waals surface area contributed by atoms with Crippen molar-refractivity contribution in [3.05, 3.63) is 51.0 Å². The first kappa shape index (κ1) is 19.8. The zero-order valence-electron chi connectivity index (χ0n) is 14.9. The Bertz CT molecular complexity index is 958. The van der Waals surface area contributed by atoms with E-state index in [0.717, 1.165) is 17.3 Å². The van der Waals surface area contributed by atoms with E-state index in [9.17, 15) is 4.79 Å². The van der Waals surface area contributed by atoms with Crippen molar-refractivity contribution in [2.45, 2.75) is 20.3 Å². The molecule has 2 aromatic carbocycles. The number of hydrogen-bond donors (Lipinski definition) is 2. The summed E-state index contributed by atoms with van der Waals surface area (Å²) in [5.41, 5.74) is 2.34. The molecule has 7 heteroatoms. The van der Waals surface area contributed by atoms with E-state index in [1.165, 1.54) is 5.56 Å². The Balaban J connectivity index is 1.87. The lowest BCUT2D eigenvalue weighted by molar-refractivity contribution is -0.139. The van der Waals surface area contributed by atoms with E-state index in [2.05, 4.69) is 56.9 Å². The lowest BCUT2D eigenvalue weighted by atomic mass is 10.0. The Hall–Kier alpha value is -1.99. The van der Waals surface area contributed by atoms with Crippen molar-refractivity contribution in [2.24, 2.45) is 5.92 Å². The van der Waals surface area contributed by atoms with Crippen LogP contribution in [0.15, 0.2) is 45.5 Å². The van der Waals surface area contributed by atoms with Crippen molar-refractivity contribution < 1.29 is 19.4 Å². The number of carboxylic acid groups (broad SMARTS) is 1. The van der Waals surface area contributed by atoms with Crippen LogP contribution in [-0.4, -0.2) is 22.7 Å². The highest BCUT2D eigenvalue weighted by molar-refractivity contribution is 9.11. The number of carbonyl (C=O) groups is 1. The van der Waals surface area contributed by atoms with Crippen LogP contribution in [0.25, 0.3) is 10.9 Å². The van der Waals surface area contributed by atoms with E-state index in [1.54, 1.807) is 12.1 Å². The van der Waals surface area contributed by atoms with E-state index < -0.39 is 12.6 Å². The van der Waals surface area contributed by atoms with Crippen LogP contribution in [0, 0.1) is 5.92 Å². The van der Waals surface area contributed by atoms with Crippen molar-refractivity contribution in [2.75, 3.05) is 6.61 Å². The highest BCUT2D eigenvalue weighted by Gasteiger charge is 2.13. The van der Waals surface area contributed by atoms with Crippen molar-refractivity contribution in [3.8, 4) is 17.2 Å². The van der Waals surface area contributed by atoms with Gasteiger partial charge in [-0.2, -0.15) is 0 Å². The summed E-state index contributed by atoms with van der Waals surface area (Å²) in [7, 11) is 0. The number of fused-ring (bicyclic) bond motifs is 1. The molecule has 1 heterocycles. The predicted octanol–water partition coefficient (Wildman–Crippen LogP) is 6.15. The second-order valence-electron chi connectivity index (χ2n) is 6.62. The molecular formula is C20H19Br2NO4. The highest BCUT2D eigenvalue weighted by atomic mass is 79.9. The van der Waals surface area contributed by atoms with Crippen LogP contribution in [0.4, 0.5) is 0 Å². The van der Waals surface area contributed by atoms with Crippen LogP contribution < -0.4 is 9.47 Å². The number of hydrogen-bond acceptors (Lipinski definition) is 3. The predicted molar refractivity (Wildman–Crippen MR) is 112 cm³/mol. The quantitative estimate of drug-likeness (QED) is 0.411. The maximum absolute atomic E-state index is 10.7. The number of benzene rings is 2. The molecule has 0 saturated heterocycles. The van der Waals surface area contributed by atoms with Gasteiger partial charge in [0.1, 0.15) is 11.5 Å². The second-order valence-corrected chi connectivity index (χ2v) is 8.33. The van der Waals surface area contributed by atoms with E-state index in [-0.39, 0.29) is 0 Å². The van der Waals surface area contributed by atoms with Gasteiger partial charge in [0.25, 0.3) is 0 Å². The molecule has 0 bridgehead atoms. The summed E-state index contributed by atoms with van der Waals surface area (Å²) < 4.78 is 12.6. The number of aromatic nitrogens is 1. The van der Waals surface area contributed by atoms with Crippen molar-refractivity contribution in [1.29, 1.82) is 0 Å². The van der Waals surface area contributed by atoms with E-state index in [4.69, 9.17) is 14.6 Å². The molecule has 0 atom stereocenters. The number of nitrogens with one attached hydrogen (secondary N) is 1. The number of carboxylic acids is 1. The molecule has 0 amide bonds. The molecule has 0 unspecified atom stereocenters. The summed E-state index contributed by atoms with van der Waals surface area (Å²) in [4.78, 5) is 14.0. The monoisotopic (exact) mass is 495 g/mol. The van der Waals surface area contributed by atoms with Crippen LogP contribution >= 0.6 is 31.9 Å². The van der Waals surface area contributed by atoms with Crippen molar-refractivity contribution in [3.63, 3.8) is 0 Å². The third-order valence-corrected chi connectivity index (χ3v) is 5.10. The molecule has 0 spiro atoms. The van der Waals surface area contributed by atoms with Crippen LogP contribution in [0.2, 0.25) is 0 Å². The average molecular weight is 497 g/mol. The number of H-pyrrole nitrogens is 1. The number of ether oxygens (including phenoxy) is 2. The van der Waals surface area contributed by atoms with Crippen molar-refractivity contribution >= 4 is 48.7 Å². The normalized spacial score (nSPS) is 11.1. The number of rotatable bonds is 7. The van der Waals surface area contributed by atoms with Gasteiger partial charge in [-0.1, -0.05) is 13.8 Å². The Morgan fingerprint density at radius 1 is 1.15 bits per heavy atom. The van der Waals surface area contributed by atoms with Gasteiger partial charge >= 0.3 is 5.97 Å². The van der Waals surface area contributed by atoms with Gasteiger partial charge < -0.3 is 19.6 Å². The largest absolute Gasteiger partial charge is 0.482 e. The Morgan fingerprint density at radius 2 is 1.85 bits per heavy atom. The van der Waals surface area contributed by atoms with E-state index in [0.29, 0.717) is 32.1 Å². The molecule has 0 aliphatic rings. The average Bonchev–Trinajstić information content (AvgIpc) is 2.98. The minimum absolute atomic E-state index is 0.401. The molecule has 0 aliphatic carbocycles. The molecule has 2 N–H and O–H groups in total. The zero-order valence-corrected chi connectivity index (χ0v) is 18.1. The number of halogens is 2. The van der Waals surface area contributed by atoms with Gasteiger partial charge in [0, 0.05) is 17.1 Å². The van der Waals surface area contributed by atoms with E-state index >= 15 is 0 Å². The minimum atomic E-state index is -1.03. The van der Waals surface area contributed by atoms with Gasteiger partial charge in [0.2, 0.25) is 0 Å². The van der Waals surface area contributed by atoms with Gasteiger partial charge in [0.05, 0.1) is 8.95 Å². The summed E-state index contributed by atoms with van der Waals surface area (Å²) in [6, 6.07) is 9.30. The fraction of sp³-hybridized carbons (Fsp3) is 0.250. The minimum Gasteiger partial charge on any atom is -0.482 e. The first-order valence-corrected chi connectivity index (χ1v) is 10.0. The third-order valence-electron chi connectivity index (χ3n) is 3.92. The second kappa shape index (κ2) is 8.35. The van der Waals surface area contributed by atoms with Gasteiger partial charge in [-0.25, -0.2) is 4.79 Å². The van der Waals surface area contributed by atoms with Crippen LogP contribution in [0.1, 0.15) is 19.4 Å². The molecule has 5 nitrogen and oxygen atoms in total. The highest BCUT2D eigenvalue weighted by Crippen LogP contribution is 2.40. The third kappa shape index (κ3) is 4.84. The Kier molecular flexibility index (Phi) is 6.11. The lowest BCUT2D eigenvalue weighted by Gasteiger charge is -2.13. The lowest BCUT2D eigenvalue weighted by Crippen LogP contribution is -2.09. The molecule has 3 rings (SSSR count). The summed E-state index contributed by atoms with van der Waals surface area (Å²) in [6.07, 6.45) is 3.04. The standard InChI is InChI=1S/C20H19Br2NO4/c1-11(2)5-12-9-23-18-4-3-13(6-15(12)18)27-20-16(21)7-14(8-17(20)22)26-10-19(24)25/h3-4,6-9,11,23H,5,10H2,1-2H3,(H,24,25). The van der Waals surface area contributed by atoms with Crippen molar-refractivity contribution in [1.82, 2.24) is 4.98 Å². The molecule has 0 fully saturated rings. The molecule has 0 radical (unpaired) electrons. The summed E-state index contributed by atoms with van der Waals surface area (Å²) in [5, 5.41) is 9.88. The van der Waals surface area contributed by atoms with Gasteiger partial charge in [-0.05, 0) is 80.1 Å². The van der Waals surface area contributed by atoms with Crippen LogP contribution in [0.5, 0.6) is 17.2 Å². The maximum Gasteiger partial charge on any atom is 0.341 e. The molecule has 3 aromatic rings. The molecule has 142 valence electrons. The molecular weight excluding hydrogens is 478 g/mol. The topological polar surface area (TPSA) is 71.5 Å². The maximum atomic E-state index is 10.7. The van der Waals surface area contributed by atoms with Gasteiger partial charge in [0.15, 0.2) is 12.4 Å². The van der Waals surface area contributed by atoms with Gasteiger partial charge in [-0.3, -0.25) is 0 Å². The zero-order chi connectivity index (χ0) is 19.6. The SMILES string of the molecule is CC(C)Cc1c[nH]c2ccc(Oc3c(Br)cc(OCC(=O)O)cc3Br)cc12. The fourth-order valence-electron chi connectivity index (χ4n) is 2.81. The Morgan fingerprint density at radius 3 is 2.48 bits per heavy atom. The summed E-state index contributed by atoms with van der Waals surface area (Å²) in [5.74, 6) is 1.28. The van der Waals surface area contributed by atoms with Crippen LogP contribution in [0.3, 0.4) is 0 Å². The van der Waals surface area contributed by atoms with Crippen LogP contribution in [-0.2, 0) is 11.2 Å². The first-order chi connectivity index (χ1) is 12.8. The summed E-state index contributed by atoms with van der Waals surface area (Å²) >= 11 is 6.93. The molecule has 0 saturated carbocycles. The first-order valence-electron chi connectivity index (χ1n) is 8.45. The number of aliphatic carboxylic acids is 1. The number of aromatic amines is 1. The Labute approximate surface area is 173 Å². The van der Waals surface area contributed by atoms with Gasteiger partial charge in [-0.15, -0.1) is 0 Å².